The number of halogens is 2. The van der Waals surface area contributed by atoms with Gasteiger partial charge in [0, 0.05) is 22.0 Å². The summed E-state index contributed by atoms with van der Waals surface area (Å²) in [6.07, 6.45) is 0.455. The van der Waals surface area contributed by atoms with Crippen LogP contribution in [0, 0.1) is 0 Å². The van der Waals surface area contributed by atoms with Gasteiger partial charge in [-0.15, -0.1) is 0 Å². The first kappa shape index (κ1) is 19.1. The molecule has 0 bridgehead atoms. The van der Waals surface area contributed by atoms with Gasteiger partial charge >= 0.3 is 5.97 Å². The largest absolute Gasteiger partial charge is 0.507 e. The zero-order valence-corrected chi connectivity index (χ0v) is 15.7. The van der Waals surface area contributed by atoms with E-state index in [9.17, 15) is 9.90 Å². The Morgan fingerprint density at radius 1 is 0.963 bits per heavy atom. The first-order valence-corrected chi connectivity index (χ1v) is 8.89. The van der Waals surface area contributed by atoms with Gasteiger partial charge < -0.3 is 14.9 Å². The Morgan fingerprint density at radius 2 is 1.63 bits per heavy atom. The average molecular weight is 403 g/mol. The molecule has 2 N–H and O–H groups in total. The van der Waals surface area contributed by atoms with Crippen LogP contribution in [0.1, 0.15) is 11.1 Å². The molecule has 0 heterocycles. The first-order chi connectivity index (χ1) is 12.9. The SMILES string of the molecule is O=C(O)COc1cc(Cl)c(Cc2ccc(O)c(-c3ccccc3)c2)c(Cl)c1. The second-order valence-electron chi connectivity index (χ2n) is 5.94. The summed E-state index contributed by atoms with van der Waals surface area (Å²) in [5.74, 6) is -0.588. The van der Waals surface area contributed by atoms with E-state index in [1.54, 1.807) is 18.2 Å². The minimum Gasteiger partial charge on any atom is -0.507 e. The van der Waals surface area contributed by atoms with Crippen molar-refractivity contribution in [3.8, 4) is 22.6 Å². The number of hydrogen-bond acceptors (Lipinski definition) is 3. The van der Waals surface area contributed by atoms with Crippen molar-refractivity contribution in [2.24, 2.45) is 0 Å². The van der Waals surface area contributed by atoms with Crippen LogP contribution in [-0.4, -0.2) is 22.8 Å². The third-order valence-corrected chi connectivity index (χ3v) is 4.68. The van der Waals surface area contributed by atoms with E-state index < -0.39 is 12.6 Å². The summed E-state index contributed by atoms with van der Waals surface area (Å²) in [6.45, 7) is -0.468. The van der Waals surface area contributed by atoms with Crippen LogP contribution in [0.25, 0.3) is 11.1 Å². The second-order valence-corrected chi connectivity index (χ2v) is 6.76. The molecule has 0 saturated heterocycles. The molecule has 4 nitrogen and oxygen atoms in total. The highest BCUT2D eigenvalue weighted by molar-refractivity contribution is 6.36. The summed E-state index contributed by atoms with van der Waals surface area (Å²) < 4.78 is 5.13. The summed E-state index contributed by atoms with van der Waals surface area (Å²) in [4.78, 5) is 10.6. The lowest BCUT2D eigenvalue weighted by Crippen LogP contribution is -2.09. The number of carboxylic acids is 1. The number of aliphatic carboxylic acids is 1. The minimum absolute atomic E-state index is 0.194. The summed E-state index contributed by atoms with van der Waals surface area (Å²) in [6, 6.07) is 18.0. The number of phenols is 1. The first-order valence-electron chi connectivity index (χ1n) is 8.14. The Morgan fingerprint density at radius 3 is 2.26 bits per heavy atom. The van der Waals surface area contributed by atoms with Crippen LogP contribution in [0.15, 0.2) is 60.7 Å². The number of carbonyl (C=O) groups is 1. The van der Waals surface area contributed by atoms with Crippen LogP contribution in [-0.2, 0) is 11.2 Å². The highest BCUT2D eigenvalue weighted by Crippen LogP contribution is 2.35. The molecule has 138 valence electrons. The van der Waals surface area contributed by atoms with Gasteiger partial charge in [0.25, 0.3) is 0 Å². The lowest BCUT2D eigenvalue weighted by atomic mass is 9.98. The molecule has 0 aromatic heterocycles. The smallest absolute Gasteiger partial charge is 0.341 e. The van der Waals surface area contributed by atoms with Crippen molar-refractivity contribution in [2.75, 3.05) is 6.61 Å². The molecular formula is C21H16Cl2O4. The Labute approximate surface area is 166 Å². The fourth-order valence-electron chi connectivity index (χ4n) is 2.72. The van der Waals surface area contributed by atoms with Crippen molar-refractivity contribution in [3.63, 3.8) is 0 Å². The Kier molecular flexibility index (Phi) is 5.89. The Bertz CT molecular complexity index is 948. The van der Waals surface area contributed by atoms with Gasteiger partial charge in [-0.1, -0.05) is 59.6 Å². The van der Waals surface area contributed by atoms with E-state index in [0.717, 1.165) is 16.7 Å². The molecule has 3 rings (SSSR count). The minimum atomic E-state index is -1.08. The van der Waals surface area contributed by atoms with Gasteiger partial charge in [-0.25, -0.2) is 4.79 Å². The summed E-state index contributed by atoms with van der Waals surface area (Å²) in [5.41, 5.74) is 3.26. The number of phenolic OH excluding ortho intramolecular Hbond substituents is 1. The zero-order valence-electron chi connectivity index (χ0n) is 14.2. The zero-order chi connectivity index (χ0) is 19.4. The molecule has 3 aromatic carbocycles. The van der Waals surface area contributed by atoms with Crippen LogP contribution < -0.4 is 4.74 Å². The Hall–Kier alpha value is -2.69. The van der Waals surface area contributed by atoms with Gasteiger partial charge in [0.2, 0.25) is 0 Å². The normalized spacial score (nSPS) is 10.6. The monoisotopic (exact) mass is 402 g/mol. The number of benzene rings is 3. The molecule has 6 heteroatoms. The number of rotatable bonds is 6. The number of hydrogen-bond donors (Lipinski definition) is 2. The highest BCUT2D eigenvalue weighted by Gasteiger charge is 2.13. The second kappa shape index (κ2) is 8.33. The third kappa shape index (κ3) is 4.73. The molecule has 0 aliphatic heterocycles. The molecule has 0 spiro atoms. The van der Waals surface area contributed by atoms with E-state index in [1.807, 2.05) is 42.5 Å². The molecule has 0 atom stereocenters. The van der Waals surface area contributed by atoms with Gasteiger partial charge in [0.1, 0.15) is 11.5 Å². The van der Waals surface area contributed by atoms with Crippen LogP contribution in [0.4, 0.5) is 0 Å². The van der Waals surface area contributed by atoms with Gasteiger partial charge in [-0.05, 0) is 41.0 Å². The van der Waals surface area contributed by atoms with Gasteiger partial charge in [0.05, 0.1) is 0 Å². The van der Waals surface area contributed by atoms with E-state index in [0.29, 0.717) is 27.8 Å². The number of aromatic hydroxyl groups is 1. The molecule has 0 aliphatic rings. The molecule has 0 amide bonds. The van der Waals surface area contributed by atoms with Crippen LogP contribution in [0.3, 0.4) is 0 Å². The van der Waals surface area contributed by atoms with Crippen molar-refractivity contribution in [1.82, 2.24) is 0 Å². The topological polar surface area (TPSA) is 66.8 Å². The van der Waals surface area contributed by atoms with E-state index in [1.165, 1.54) is 0 Å². The molecule has 27 heavy (non-hydrogen) atoms. The van der Waals surface area contributed by atoms with Crippen LogP contribution in [0.2, 0.25) is 10.0 Å². The summed E-state index contributed by atoms with van der Waals surface area (Å²) in [7, 11) is 0. The maximum absolute atomic E-state index is 10.6. The van der Waals surface area contributed by atoms with Crippen LogP contribution in [0.5, 0.6) is 11.5 Å². The van der Waals surface area contributed by atoms with Crippen molar-refractivity contribution in [1.29, 1.82) is 0 Å². The van der Waals surface area contributed by atoms with Crippen molar-refractivity contribution < 1.29 is 19.7 Å². The highest BCUT2D eigenvalue weighted by atomic mass is 35.5. The molecule has 0 aliphatic carbocycles. The third-order valence-electron chi connectivity index (χ3n) is 4.00. The molecular weight excluding hydrogens is 387 g/mol. The molecule has 0 saturated carbocycles. The van der Waals surface area contributed by atoms with Crippen LogP contribution >= 0.6 is 23.2 Å². The fourth-order valence-corrected chi connectivity index (χ4v) is 3.32. The predicted octanol–water partition coefficient (Wildman–Crippen LogP) is 5.42. The Balaban J connectivity index is 1.88. The molecule has 0 unspecified atom stereocenters. The average Bonchev–Trinajstić information content (AvgIpc) is 2.65. The molecule has 3 aromatic rings. The number of carboxylic acid groups (broad SMARTS) is 1. The number of ether oxygens (including phenoxy) is 1. The van der Waals surface area contributed by atoms with Crippen molar-refractivity contribution in [2.45, 2.75) is 6.42 Å². The van der Waals surface area contributed by atoms with Gasteiger partial charge in [-0.3, -0.25) is 0 Å². The van der Waals surface area contributed by atoms with Crippen molar-refractivity contribution >= 4 is 29.2 Å². The quantitative estimate of drug-likeness (QED) is 0.577. The maximum Gasteiger partial charge on any atom is 0.341 e. The molecule has 0 radical (unpaired) electrons. The van der Waals surface area contributed by atoms with E-state index >= 15 is 0 Å². The lowest BCUT2D eigenvalue weighted by molar-refractivity contribution is -0.139. The molecule has 0 fully saturated rings. The van der Waals surface area contributed by atoms with E-state index in [4.69, 9.17) is 33.0 Å². The maximum atomic E-state index is 10.6. The van der Waals surface area contributed by atoms with E-state index in [-0.39, 0.29) is 5.75 Å². The standard InChI is InChI=1S/C21H16Cl2O4/c22-18-10-15(27-12-21(25)26)11-19(23)17(18)9-13-6-7-20(24)16(8-13)14-4-2-1-3-5-14/h1-8,10-11,24H,9,12H2,(H,25,26). The lowest BCUT2D eigenvalue weighted by Gasteiger charge is -2.12. The van der Waals surface area contributed by atoms with Crippen molar-refractivity contribution in [3.05, 3.63) is 81.8 Å². The summed E-state index contributed by atoms with van der Waals surface area (Å²) >= 11 is 12.7. The summed E-state index contributed by atoms with van der Waals surface area (Å²) in [5, 5.41) is 19.7. The van der Waals surface area contributed by atoms with E-state index in [2.05, 4.69) is 0 Å². The van der Waals surface area contributed by atoms with Gasteiger partial charge in [0.15, 0.2) is 6.61 Å². The predicted molar refractivity (Wildman–Crippen MR) is 106 cm³/mol. The fraction of sp³-hybridized carbons (Fsp3) is 0.0952. The van der Waals surface area contributed by atoms with Gasteiger partial charge in [-0.2, -0.15) is 0 Å².